The third-order valence-corrected chi connectivity index (χ3v) is 7.69. The molecule has 0 bridgehead atoms. The number of carbonyl (C=O) groups is 3. The Morgan fingerprint density at radius 1 is 0.875 bits per heavy atom. The topological polar surface area (TPSA) is 153 Å². The van der Waals surface area contributed by atoms with Crippen molar-refractivity contribution >= 4 is 40.7 Å². The third-order valence-electron chi connectivity index (χ3n) is 7.69. The van der Waals surface area contributed by atoms with Crippen LogP contribution in [-0.4, -0.2) is 45.5 Å². The van der Waals surface area contributed by atoms with E-state index in [-0.39, 0.29) is 28.4 Å². The summed E-state index contributed by atoms with van der Waals surface area (Å²) in [5.41, 5.74) is 0.866. The molecular formula is C28H20N4O8. The molecule has 6 rings (SSSR count). The second-order valence-corrected chi connectivity index (χ2v) is 9.63. The normalized spacial score (nSPS) is 22.5. The molecule has 12 heteroatoms. The van der Waals surface area contributed by atoms with Crippen LogP contribution in [0.1, 0.15) is 27.5 Å². The Balaban J connectivity index is 1.51. The van der Waals surface area contributed by atoms with Gasteiger partial charge in [0.2, 0.25) is 11.8 Å². The summed E-state index contributed by atoms with van der Waals surface area (Å²) in [5.74, 6) is -3.98. The second-order valence-electron chi connectivity index (χ2n) is 9.63. The Morgan fingerprint density at radius 2 is 1.57 bits per heavy atom. The van der Waals surface area contributed by atoms with Gasteiger partial charge in [0.15, 0.2) is 5.78 Å². The maximum atomic E-state index is 14.1. The molecule has 200 valence electrons. The van der Waals surface area contributed by atoms with E-state index in [4.69, 9.17) is 4.74 Å². The lowest BCUT2D eigenvalue weighted by Crippen LogP contribution is -2.44. The van der Waals surface area contributed by atoms with Gasteiger partial charge < -0.3 is 9.64 Å². The minimum absolute atomic E-state index is 0.0255. The van der Waals surface area contributed by atoms with Crippen LogP contribution in [0.5, 0.6) is 5.75 Å². The first-order valence-electron chi connectivity index (χ1n) is 12.3. The lowest BCUT2D eigenvalue weighted by Gasteiger charge is -2.35. The number of amides is 2. The Labute approximate surface area is 226 Å². The van der Waals surface area contributed by atoms with Gasteiger partial charge in [-0.3, -0.25) is 34.6 Å². The average molecular weight is 540 g/mol. The summed E-state index contributed by atoms with van der Waals surface area (Å²) < 4.78 is 5.33. The van der Waals surface area contributed by atoms with Crippen molar-refractivity contribution in [3.8, 4) is 5.75 Å². The maximum Gasteiger partial charge on any atom is 0.271 e. The van der Waals surface area contributed by atoms with E-state index in [1.807, 2.05) is 18.2 Å². The predicted molar refractivity (Wildman–Crippen MR) is 140 cm³/mol. The highest BCUT2D eigenvalue weighted by Crippen LogP contribution is 2.54. The number of anilines is 1. The number of ketones is 1. The number of nitro groups is 2. The highest BCUT2D eigenvalue weighted by molar-refractivity contribution is 6.25. The number of hydrogen-bond donors (Lipinski definition) is 0. The lowest BCUT2D eigenvalue weighted by atomic mass is 9.83. The largest absolute Gasteiger partial charge is 0.495 e. The zero-order chi connectivity index (χ0) is 28.3. The summed E-state index contributed by atoms with van der Waals surface area (Å²) in [6.07, 6.45) is 3.46. The van der Waals surface area contributed by atoms with Crippen molar-refractivity contribution in [1.29, 1.82) is 0 Å². The van der Waals surface area contributed by atoms with E-state index in [1.165, 1.54) is 37.4 Å². The van der Waals surface area contributed by atoms with Gasteiger partial charge in [0.25, 0.3) is 11.4 Å². The first-order chi connectivity index (χ1) is 19.2. The molecule has 0 aromatic heterocycles. The van der Waals surface area contributed by atoms with Crippen LogP contribution in [0.2, 0.25) is 0 Å². The molecule has 2 fully saturated rings. The van der Waals surface area contributed by atoms with E-state index in [9.17, 15) is 34.6 Å². The number of nitrogens with zero attached hydrogens (tertiary/aromatic N) is 4. The van der Waals surface area contributed by atoms with Gasteiger partial charge in [-0.2, -0.15) is 0 Å². The molecule has 40 heavy (non-hydrogen) atoms. The van der Waals surface area contributed by atoms with Gasteiger partial charge in [-0.15, -0.1) is 0 Å². The van der Waals surface area contributed by atoms with Crippen molar-refractivity contribution in [3.05, 3.63) is 110 Å². The number of imide groups is 1. The number of nitro benzene ring substituents is 2. The fourth-order valence-electron chi connectivity index (χ4n) is 6.00. The van der Waals surface area contributed by atoms with Crippen LogP contribution in [0.3, 0.4) is 0 Å². The molecule has 12 nitrogen and oxygen atoms in total. The fraction of sp³-hybridized carbons (Fsp3) is 0.179. The van der Waals surface area contributed by atoms with Crippen LogP contribution in [0.15, 0.2) is 72.9 Å². The molecule has 3 aliphatic heterocycles. The number of fused-ring (bicyclic) bond motifs is 5. The van der Waals surface area contributed by atoms with Gasteiger partial charge in [-0.1, -0.05) is 36.4 Å². The van der Waals surface area contributed by atoms with E-state index < -0.39 is 51.4 Å². The predicted octanol–water partition coefficient (Wildman–Crippen LogP) is 3.91. The minimum atomic E-state index is -1.16. The van der Waals surface area contributed by atoms with Crippen molar-refractivity contribution in [2.75, 3.05) is 12.0 Å². The molecule has 2 amide bonds. The van der Waals surface area contributed by atoms with Crippen molar-refractivity contribution in [1.82, 2.24) is 4.90 Å². The zero-order valence-corrected chi connectivity index (χ0v) is 20.9. The summed E-state index contributed by atoms with van der Waals surface area (Å²) in [7, 11) is 1.31. The van der Waals surface area contributed by atoms with Crippen molar-refractivity contribution in [2.24, 2.45) is 11.8 Å². The number of non-ortho nitro benzene ring substituents is 2. The molecule has 0 saturated carbocycles. The Bertz CT molecular complexity index is 1670. The molecule has 3 aromatic rings. The van der Waals surface area contributed by atoms with E-state index in [1.54, 1.807) is 23.2 Å². The zero-order valence-electron chi connectivity index (χ0n) is 20.9. The highest BCUT2D eigenvalue weighted by Gasteiger charge is 2.65. The smallest absolute Gasteiger partial charge is 0.271 e. The van der Waals surface area contributed by atoms with Crippen LogP contribution in [-0.2, 0) is 9.59 Å². The van der Waals surface area contributed by atoms with Crippen molar-refractivity contribution < 1.29 is 29.0 Å². The first kappa shape index (κ1) is 24.9. The van der Waals surface area contributed by atoms with E-state index >= 15 is 0 Å². The molecular weight excluding hydrogens is 520 g/mol. The number of methoxy groups -OCH3 is 1. The monoisotopic (exact) mass is 540 g/mol. The number of carbonyl (C=O) groups excluding carboxylic acids is 3. The summed E-state index contributed by atoms with van der Waals surface area (Å²) in [5, 5.41) is 22.9. The van der Waals surface area contributed by atoms with Gasteiger partial charge in [0.1, 0.15) is 17.5 Å². The molecule has 0 N–H and O–H groups in total. The van der Waals surface area contributed by atoms with Gasteiger partial charge in [0.05, 0.1) is 34.8 Å². The molecule has 0 spiro atoms. The Kier molecular flexibility index (Phi) is 5.68. The second kappa shape index (κ2) is 9.12. The van der Waals surface area contributed by atoms with Gasteiger partial charge in [-0.25, -0.2) is 4.90 Å². The van der Waals surface area contributed by atoms with Gasteiger partial charge in [0, 0.05) is 36.0 Å². The summed E-state index contributed by atoms with van der Waals surface area (Å²) in [4.78, 5) is 66.3. The molecule has 0 unspecified atom stereocenters. The van der Waals surface area contributed by atoms with E-state index in [0.717, 1.165) is 28.2 Å². The van der Waals surface area contributed by atoms with Crippen LogP contribution < -0.4 is 9.64 Å². The standard InChI is InChI=1S/C28H20N4O8/c1-40-21-10-9-18(32(38)39)14-20(21)30-27(34)22-23(28(30)35)25(26(33)16-6-4-7-17(13-16)31(36)37)29-12-11-15-5-2-3-8-19(15)24(22)29/h2-14,22-25H,1H3/t22-,23+,24-,25+/m0/s1. The molecule has 0 radical (unpaired) electrons. The van der Waals surface area contributed by atoms with E-state index in [0.29, 0.717) is 0 Å². The van der Waals surface area contributed by atoms with Gasteiger partial charge in [-0.05, 0) is 23.3 Å². The average Bonchev–Trinajstić information content (AvgIpc) is 3.44. The molecule has 0 aliphatic carbocycles. The minimum Gasteiger partial charge on any atom is -0.495 e. The summed E-state index contributed by atoms with van der Waals surface area (Å²) in [6.45, 7) is 0. The molecule has 3 aliphatic rings. The number of rotatable bonds is 6. The quantitative estimate of drug-likeness (QED) is 0.196. The summed E-state index contributed by atoms with van der Waals surface area (Å²) >= 11 is 0. The Hall–Kier alpha value is -5.39. The fourth-order valence-corrected chi connectivity index (χ4v) is 6.00. The van der Waals surface area contributed by atoms with Crippen LogP contribution in [0.25, 0.3) is 6.08 Å². The lowest BCUT2D eigenvalue weighted by molar-refractivity contribution is -0.385. The molecule has 3 heterocycles. The van der Waals surface area contributed by atoms with Crippen LogP contribution in [0, 0.1) is 32.1 Å². The van der Waals surface area contributed by atoms with Gasteiger partial charge >= 0.3 is 0 Å². The molecule has 2 saturated heterocycles. The number of Topliss-reactive ketones (excluding diaryl/α,β-unsaturated/α-hetero) is 1. The third kappa shape index (κ3) is 3.56. The van der Waals surface area contributed by atoms with E-state index in [2.05, 4.69) is 0 Å². The number of hydrogen-bond acceptors (Lipinski definition) is 9. The Morgan fingerprint density at radius 3 is 2.30 bits per heavy atom. The number of ether oxygens (including phenoxy) is 1. The van der Waals surface area contributed by atoms with Crippen molar-refractivity contribution in [2.45, 2.75) is 12.1 Å². The van der Waals surface area contributed by atoms with Crippen molar-refractivity contribution in [3.63, 3.8) is 0 Å². The molecule has 4 atom stereocenters. The summed E-state index contributed by atoms with van der Waals surface area (Å²) in [6, 6.07) is 14.3. The van der Waals surface area contributed by atoms with Crippen LogP contribution >= 0.6 is 0 Å². The first-order valence-corrected chi connectivity index (χ1v) is 12.3. The number of benzene rings is 3. The van der Waals surface area contributed by atoms with Crippen LogP contribution in [0.4, 0.5) is 17.1 Å². The molecule has 3 aromatic carbocycles. The SMILES string of the molecule is COc1ccc([N+](=O)[O-])cc1N1C(=O)[C@@H]2[C@H](C1=O)[C@@H]1c3ccccc3C=CN1[C@H]2C(=O)c1cccc([N+](=O)[O-])c1. The highest BCUT2D eigenvalue weighted by atomic mass is 16.6. The maximum absolute atomic E-state index is 14.1.